The van der Waals surface area contributed by atoms with E-state index in [9.17, 15) is 13.2 Å². The van der Waals surface area contributed by atoms with Crippen LogP contribution in [0.3, 0.4) is 0 Å². The SMILES string of the molecule is O=C(NCC1CC1)C1CCN(S(=O)(=O)c2ccc3c(c2)OCCO3)CC1. The fraction of sp³-hybridized carbons (Fsp3) is 0.611. The van der Waals surface area contributed by atoms with E-state index < -0.39 is 10.0 Å². The van der Waals surface area contributed by atoms with Crippen LogP contribution in [-0.2, 0) is 14.8 Å². The van der Waals surface area contributed by atoms with E-state index in [0.717, 1.165) is 6.54 Å². The third kappa shape index (κ3) is 3.66. The molecule has 4 rings (SSSR count). The minimum atomic E-state index is -3.59. The van der Waals surface area contributed by atoms with Crippen LogP contribution in [0, 0.1) is 11.8 Å². The van der Waals surface area contributed by atoms with Crippen molar-refractivity contribution in [1.29, 1.82) is 0 Å². The average molecular weight is 380 g/mol. The standard InChI is InChI=1S/C18H24N2O5S/c21-18(19-12-13-1-2-13)14-5-7-20(8-6-14)26(22,23)15-3-4-16-17(11-15)25-10-9-24-16/h3-4,11,13-14H,1-2,5-10,12H2,(H,19,21). The number of benzene rings is 1. The van der Waals surface area contributed by atoms with Gasteiger partial charge in [0.2, 0.25) is 15.9 Å². The highest BCUT2D eigenvalue weighted by molar-refractivity contribution is 7.89. The normalized spacial score (nSPS) is 21.4. The van der Waals surface area contributed by atoms with Gasteiger partial charge < -0.3 is 14.8 Å². The van der Waals surface area contributed by atoms with Gasteiger partial charge in [-0.05, 0) is 43.7 Å². The van der Waals surface area contributed by atoms with Crippen LogP contribution in [0.1, 0.15) is 25.7 Å². The first kappa shape index (κ1) is 17.6. The average Bonchev–Trinajstić information content (AvgIpc) is 3.50. The monoisotopic (exact) mass is 380 g/mol. The molecule has 0 unspecified atom stereocenters. The Hall–Kier alpha value is -1.80. The minimum Gasteiger partial charge on any atom is -0.486 e. The number of hydrogen-bond donors (Lipinski definition) is 1. The largest absolute Gasteiger partial charge is 0.486 e. The summed E-state index contributed by atoms with van der Waals surface area (Å²) in [7, 11) is -3.59. The first-order valence-corrected chi connectivity index (χ1v) is 10.7. The summed E-state index contributed by atoms with van der Waals surface area (Å²) in [5, 5.41) is 3.00. The number of amides is 1. The smallest absolute Gasteiger partial charge is 0.243 e. The lowest BCUT2D eigenvalue weighted by molar-refractivity contribution is -0.126. The van der Waals surface area contributed by atoms with Crippen molar-refractivity contribution in [3.05, 3.63) is 18.2 Å². The summed E-state index contributed by atoms with van der Waals surface area (Å²) in [6.07, 6.45) is 3.51. The molecular weight excluding hydrogens is 356 g/mol. The van der Waals surface area contributed by atoms with Gasteiger partial charge in [-0.1, -0.05) is 0 Å². The molecule has 0 aromatic heterocycles. The molecule has 1 N–H and O–H groups in total. The highest BCUT2D eigenvalue weighted by Crippen LogP contribution is 2.34. The maximum Gasteiger partial charge on any atom is 0.243 e. The number of nitrogens with one attached hydrogen (secondary N) is 1. The highest BCUT2D eigenvalue weighted by atomic mass is 32.2. The van der Waals surface area contributed by atoms with Crippen LogP contribution in [-0.4, -0.2) is 51.5 Å². The quantitative estimate of drug-likeness (QED) is 0.834. The second-order valence-electron chi connectivity index (χ2n) is 7.17. The van der Waals surface area contributed by atoms with E-state index in [1.54, 1.807) is 12.1 Å². The Balaban J connectivity index is 1.39. The topological polar surface area (TPSA) is 84.9 Å². The van der Waals surface area contributed by atoms with Gasteiger partial charge in [0.1, 0.15) is 13.2 Å². The summed E-state index contributed by atoms with van der Waals surface area (Å²) in [5.74, 6) is 1.65. The lowest BCUT2D eigenvalue weighted by Crippen LogP contribution is -2.43. The molecule has 2 fully saturated rings. The second kappa shape index (κ2) is 7.08. The van der Waals surface area contributed by atoms with E-state index in [-0.39, 0.29) is 16.7 Å². The van der Waals surface area contributed by atoms with Crippen molar-refractivity contribution in [2.45, 2.75) is 30.6 Å². The van der Waals surface area contributed by atoms with Crippen molar-refractivity contribution in [2.24, 2.45) is 11.8 Å². The number of carbonyl (C=O) groups excluding carboxylic acids is 1. The van der Waals surface area contributed by atoms with Gasteiger partial charge in [-0.15, -0.1) is 0 Å². The van der Waals surface area contributed by atoms with Crippen LogP contribution in [0.2, 0.25) is 0 Å². The van der Waals surface area contributed by atoms with Crippen molar-refractivity contribution >= 4 is 15.9 Å². The predicted molar refractivity (Wildman–Crippen MR) is 94.6 cm³/mol. The second-order valence-corrected chi connectivity index (χ2v) is 9.11. The van der Waals surface area contributed by atoms with Gasteiger partial charge in [0.15, 0.2) is 11.5 Å². The molecule has 1 aromatic carbocycles. The van der Waals surface area contributed by atoms with E-state index in [2.05, 4.69) is 5.32 Å². The number of fused-ring (bicyclic) bond motifs is 1. The van der Waals surface area contributed by atoms with Crippen LogP contribution in [0.15, 0.2) is 23.1 Å². The molecule has 0 radical (unpaired) electrons. The molecule has 0 atom stereocenters. The summed E-state index contributed by atoms with van der Waals surface area (Å²) in [6.45, 7) is 2.36. The molecule has 1 aromatic rings. The fourth-order valence-corrected chi connectivity index (χ4v) is 4.89. The van der Waals surface area contributed by atoms with Gasteiger partial charge in [-0.3, -0.25) is 4.79 Å². The zero-order chi connectivity index (χ0) is 18.1. The van der Waals surface area contributed by atoms with Crippen molar-refractivity contribution in [3.8, 4) is 11.5 Å². The molecule has 26 heavy (non-hydrogen) atoms. The third-order valence-electron chi connectivity index (χ3n) is 5.24. The number of rotatable bonds is 5. The Morgan fingerprint density at radius 1 is 1.08 bits per heavy atom. The minimum absolute atomic E-state index is 0.0632. The van der Waals surface area contributed by atoms with Crippen LogP contribution >= 0.6 is 0 Å². The van der Waals surface area contributed by atoms with Gasteiger partial charge in [-0.2, -0.15) is 4.31 Å². The first-order chi connectivity index (χ1) is 12.5. The molecule has 0 bridgehead atoms. The lowest BCUT2D eigenvalue weighted by atomic mass is 9.97. The van der Waals surface area contributed by atoms with Crippen LogP contribution in [0.25, 0.3) is 0 Å². The molecule has 1 aliphatic carbocycles. The Bertz CT molecular complexity index is 783. The van der Waals surface area contributed by atoms with Crippen molar-refractivity contribution in [3.63, 3.8) is 0 Å². The number of carbonyl (C=O) groups is 1. The van der Waals surface area contributed by atoms with Gasteiger partial charge in [0.25, 0.3) is 0 Å². The maximum atomic E-state index is 12.9. The van der Waals surface area contributed by atoms with E-state index in [4.69, 9.17) is 9.47 Å². The number of hydrogen-bond acceptors (Lipinski definition) is 5. The molecular formula is C18H24N2O5S. The van der Waals surface area contributed by atoms with Crippen LogP contribution < -0.4 is 14.8 Å². The van der Waals surface area contributed by atoms with Gasteiger partial charge in [-0.25, -0.2) is 8.42 Å². The molecule has 1 saturated heterocycles. The molecule has 1 amide bonds. The summed E-state index contributed by atoms with van der Waals surface area (Å²) in [5.41, 5.74) is 0. The highest BCUT2D eigenvalue weighted by Gasteiger charge is 2.33. The zero-order valence-corrected chi connectivity index (χ0v) is 15.5. The molecule has 2 aliphatic heterocycles. The van der Waals surface area contributed by atoms with Gasteiger partial charge in [0.05, 0.1) is 4.90 Å². The van der Waals surface area contributed by atoms with E-state index in [0.29, 0.717) is 56.6 Å². The Morgan fingerprint density at radius 2 is 1.77 bits per heavy atom. The molecule has 8 heteroatoms. The summed E-state index contributed by atoms with van der Waals surface area (Å²) < 4.78 is 38.2. The third-order valence-corrected chi connectivity index (χ3v) is 7.13. The number of nitrogens with zero attached hydrogens (tertiary/aromatic N) is 1. The first-order valence-electron chi connectivity index (χ1n) is 9.21. The number of piperidine rings is 1. The van der Waals surface area contributed by atoms with Crippen molar-refractivity contribution in [1.82, 2.24) is 9.62 Å². The molecule has 7 nitrogen and oxygen atoms in total. The van der Waals surface area contributed by atoms with Gasteiger partial charge in [0, 0.05) is 31.6 Å². The molecule has 0 spiro atoms. The summed E-state index contributed by atoms with van der Waals surface area (Å²) in [4.78, 5) is 12.4. The predicted octanol–water partition coefficient (Wildman–Crippen LogP) is 1.38. The van der Waals surface area contributed by atoms with E-state index in [1.807, 2.05) is 0 Å². The molecule has 3 aliphatic rings. The van der Waals surface area contributed by atoms with E-state index >= 15 is 0 Å². The Labute approximate surface area is 153 Å². The zero-order valence-electron chi connectivity index (χ0n) is 14.6. The molecule has 1 saturated carbocycles. The summed E-state index contributed by atoms with van der Waals surface area (Å²) in [6, 6.07) is 4.72. The maximum absolute atomic E-state index is 12.9. The Morgan fingerprint density at radius 3 is 2.46 bits per heavy atom. The van der Waals surface area contributed by atoms with Crippen molar-refractivity contribution in [2.75, 3.05) is 32.8 Å². The molecule has 2 heterocycles. The lowest BCUT2D eigenvalue weighted by Gasteiger charge is -2.30. The van der Waals surface area contributed by atoms with E-state index in [1.165, 1.54) is 23.2 Å². The van der Waals surface area contributed by atoms with Crippen molar-refractivity contribution < 1.29 is 22.7 Å². The number of sulfonamides is 1. The number of ether oxygens (including phenoxy) is 2. The van der Waals surface area contributed by atoms with Gasteiger partial charge >= 0.3 is 0 Å². The fourth-order valence-electron chi connectivity index (χ4n) is 3.40. The van der Waals surface area contributed by atoms with Crippen LogP contribution in [0.5, 0.6) is 11.5 Å². The van der Waals surface area contributed by atoms with Crippen LogP contribution in [0.4, 0.5) is 0 Å². The summed E-state index contributed by atoms with van der Waals surface area (Å²) >= 11 is 0. The Kier molecular flexibility index (Phi) is 4.79. The molecule has 142 valence electrons.